The summed E-state index contributed by atoms with van der Waals surface area (Å²) in [4.78, 5) is 0. The Morgan fingerprint density at radius 1 is 1.25 bits per heavy atom. The number of benzene rings is 1. The van der Waals surface area contributed by atoms with E-state index in [1.165, 1.54) is 11.1 Å². The van der Waals surface area contributed by atoms with Gasteiger partial charge in [-0.3, -0.25) is 4.57 Å². The van der Waals surface area contributed by atoms with Crippen LogP contribution in [-0.2, 0) is 6.42 Å². The minimum atomic E-state index is 0.420. The maximum absolute atomic E-state index is 6.06. The monoisotopic (exact) mass is 235 g/mol. The van der Waals surface area contributed by atoms with Crippen LogP contribution in [-0.4, -0.2) is 14.8 Å². The minimum Gasteiger partial charge on any atom is -0.269 e. The Hall–Kier alpha value is -1.35. The highest BCUT2D eigenvalue weighted by Crippen LogP contribution is 2.21. The van der Waals surface area contributed by atoms with Gasteiger partial charge >= 0.3 is 0 Å². The summed E-state index contributed by atoms with van der Waals surface area (Å²) >= 11 is 6.06. The number of halogens is 1. The van der Waals surface area contributed by atoms with Crippen molar-refractivity contribution in [2.45, 2.75) is 27.2 Å². The standard InChI is InChI=1S/C12H14ClN3/c1-4-11-14-15-12(13)16(11)10-6-5-8(2)7-9(10)3/h5-7H,4H2,1-3H3. The van der Waals surface area contributed by atoms with Crippen LogP contribution < -0.4 is 0 Å². The predicted octanol–water partition coefficient (Wildman–Crippen LogP) is 3.10. The summed E-state index contributed by atoms with van der Waals surface area (Å²) in [6.07, 6.45) is 0.813. The molecule has 16 heavy (non-hydrogen) atoms. The lowest BCUT2D eigenvalue weighted by molar-refractivity contribution is 0.878. The third-order valence-electron chi connectivity index (χ3n) is 2.60. The van der Waals surface area contributed by atoms with E-state index < -0.39 is 0 Å². The first kappa shape index (κ1) is 11.1. The van der Waals surface area contributed by atoms with Crippen LogP contribution in [0.3, 0.4) is 0 Å². The molecule has 0 aliphatic carbocycles. The summed E-state index contributed by atoms with van der Waals surface area (Å²) in [6, 6.07) is 6.25. The van der Waals surface area contributed by atoms with Crippen molar-refractivity contribution in [1.29, 1.82) is 0 Å². The molecular formula is C12H14ClN3. The molecule has 2 rings (SSSR count). The van der Waals surface area contributed by atoms with Crippen LogP contribution in [0.4, 0.5) is 0 Å². The topological polar surface area (TPSA) is 30.7 Å². The Labute approximate surface area is 100 Å². The number of aromatic nitrogens is 3. The second-order valence-electron chi connectivity index (χ2n) is 3.86. The van der Waals surface area contributed by atoms with E-state index in [0.717, 1.165) is 17.9 Å². The molecular weight excluding hydrogens is 222 g/mol. The Kier molecular flexibility index (Phi) is 2.97. The van der Waals surface area contributed by atoms with Crippen LogP contribution in [0.1, 0.15) is 23.9 Å². The second-order valence-corrected chi connectivity index (χ2v) is 4.20. The zero-order valence-corrected chi connectivity index (χ0v) is 10.4. The van der Waals surface area contributed by atoms with Gasteiger partial charge in [0.05, 0.1) is 5.69 Å². The molecule has 2 aromatic rings. The van der Waals surface area contributed by atoms with Crippen molar-refractivity contribution in [2.75, 3.05) is 0 Å². The van der Waals surface area contributed by atoms with E-state index in [1.54, 1.807) is 0 Å². The summed E-state index contributed by atoms with van der Waals surface area (Å²) in [5, 5.41) is 8.38. The molecule has 4 heteroatoms. The Morgan fingerprint density at radius 2 is 2.00 bits per heavy atom. The summed E-state index contributed by atoms with van der Waals surface area (Å²) in [7, 11) is 0. The molecule has 0 aliphatic rings. The lowest BCUT2D eigenvalue weighted by Gasteiger charge is -2.10. The molecule has 0 spiro atoms. The molecule has 0 amide bonds. The summed E-state index contributed by atoms with van der Waals surface area (Å²) in [5.74, 6) is 0.886. The van der Waals surface area contributed by atoms with Gasteiger partial charge in [-0.1, -0.05) is 24.6 Å². The molecule has 0 unspecified atom stereocenters. The minimum absolute atomic E-state index is 0.420. The van der Waals surface area contributed by atoms with E-state index in [4.69, 9.17) is 11.6 Å². The molecule has 0 atom stereocenters. The molecule has 0 fully saturated rings. The lowest BCUT2D eigenvalue weighted by atomic mass is 10.1. The van der Waals surface area contributed by atoms with E-state index in [9.17, 15) is 0 Å². The zero-order chi connectivity index (χ0) is 11.7. The molecule has 0 aliphatic heterocycles. The molecule has 3 nitrogen and oxygen atoms in total. The van der Waals surface area contributed by atoms with Gasteiger partial charge in [-0.15, -0.1) is 10.2 Å². The van der Waals surface area contributed by atoms with E-state index in [1.807, 2.05) is 11.5 Å². The van der Waals surface area contributed by atoms with Crippen LogP contribution in [0.15, 0.2) is 18.2 Å². The van der Waals surface area contributed by atoms with Gasteiger partial charge in [0.1, 0.15) is 5.82 Å². The number of nitrogens with zero attached hydrogens (tertiary/aromatic N) is 3. The average molecular weight is 236 g/mol. The Bertz CT molecular complexity index is 517. The van der Waals surface area contributed by atoms with Crippen LogP contribution in [0, 0.1) is 13.8 Å². The number of rotatable bonds is 2. The summed E-state index contributed by atoms with van der Waals surface area (Å²) in [5.41, 5.74) is 3.47. The molecule has 0 saturated carbocycles. The SMILES string of the molecule is CCc1nnc(Cl)n1-c1ccc(C)cc1C. The van der Waals surface area contributed by atoms with Gasteiger partial charge in [0.25, 0.3) is 0 Å². The van der Waals surface area contributed by atoms with E-state index in [0.29, 0.717) is 5.28 Å². The number of aryl methyl sites for hydroxylation is 3. The van der Waals surface area contributed by atoms with Crippen molar-refractivity contribution < 1.29 is 0 Å². The first-order valence-corrected chi connectivity index (χ1v) is 5.68. The molecule has 0 bridgehead atoms. The van der Waals surface area contributed by atoms with Gasteiger partial charge in [-0.05, 0) is 37.1 Å². The molecule has 84 valence electrons. The average Bonchev–Trinajstić information content (AvgIpc) is 2.60. The fourth-order valence-corrected chi connectivity index (χ4v) is 2.04. The first-order chi connectivity index (χ1) is 7.63. The van der Waals surface area contributed by atoms with Gasteiger partial charge in [0.2, 0.25) is 5.28 Å². The highest BCUT2D eigenvalue weighted by Gasteiger charge is 2.12. The van der Waals surface area contributed by atoms with Crippen LogP contribution in [0.2, 0.25) is 5.28 Å². The van der Waals surface area contributed by atoms with Crippen molar-refractivity contribution in [1.82, 2.24) is 14.8 Å². The normalized spacial score (nSPS) is 10.8. The molecule has 1 aromatic heterocycles. The van der Waals surface area contributed by atoms with Gasteiger partial charge < -0.3 is 0 Å². The summed E-state index contributed by atoms with van der Waals surface area (Å²) < 4.78 is 1.90. The maximum Gasteiger partial charge on any atom is 0.229 e. The van der Waals surface area contributed by atoms with E-state index >= 15 is 0 Å². The van der Waals surface area contributed by atoms with E-state index in [-0.39, 0.29) is 0 Å². The van der Waals surface area contributed by atoms with Crippen molar-refractivity contribution >= 4 is 11.6 Å². The second kappa shape index (κ2) is 4.26. The van der Waals surface area contributed by atoms with Crippen molar-refractivity contribution in [3.63, 3.8) is 0 Å². The van der Waals surface area contributed by atoms with Crippen molar-refractivity contribution in [3.05, 3.63) is 40.4 Å². The van der Waals surface area contributed by atoms with Crippen LogP contribution in [0.25, 0.3) is 5.69 Å². The quantitative estimate of drug-likeness (QED) is 0.801. The maximum atomic E-state index is 6.06. The van der Waals surface area contributed by atoms with E-state index in [2.05, 4.69) is 42.2 Å². The predicted molar refractivity (Wildman–Crippen MR) is 65.2 cm³/mol. The van der Waals surface area contributed by atoms with Crippen molar-refractivity contribution in [3.8, 4) is 5.69 Å². The molecule has 1 aromatic carbocycles. The summed E-state index contributed by atoms with van der Waals surface area (Å²) in [6.45, 7) is 6.18. The van der Waals surface area contributed by atoms with Gasteiger partial charge in [-0.2, -0.15) is 0 Å². The highest BCUT2D eigenvalue weighted by molar-refractivity contribution is 6.28. The van der Waals surface area contributed by atoms with Crippen LogP contribution in [0.5, 0.6) is 0 Å². The van der Waals surface area contributed by atoms with Gasteiger partial charge in [-0.25, -0.2) is 0 Å². The molecule has 0 radical (unpaired) electrons. The molecule has 1 heterocycles. The highest BCUT2D eigenvalue weighted by atomic mass is 35.5. The van der Waals surface area contributed by atoms with Crippen LogP contribution >= 0.6 is 11.6 Å². The smallest absolute Gasteiger partial charge is 0.229 e. The fraction of sp³-hybridized carbons (Fsp3) is 0.333. The lowest BCUT2D eigenvalue weighted by Crippen LogP contribution is -2.02. The number of hydrogen-bond donors (Lipinski definition) is 0. The number of hydrogen-bond acceptors (Lipinski definition) is 2. The largest absolute Gasteiger partial charge is 0.269 e. The molecule has 0 saturated heterocycles. The van der Waals surface area contributed by atoms with Gasteiger partial charge in [0, 0.05) is 6.42 Å². The molecule has 0 N–H and O–H groups in total. The Balaban J connectivity index is 2.62. The Morgan fingerprint density at radius 3 is 2.62 bits per heavy atom. The fourth-order valence-electron chi connectivity index (χ4n) is 1.82. The third kappa shape index (κ3) is 1.83. The third-order valence-corrected chi connectivity index (χ3v) is 2.84. The first-order valence-electron chi connectivity index (χ1n) is 5.31. The van der Waals surface area contributed by atoms with Gasteiger partial charge in [0.15, 0.2) is 0 Å². The zero-order valence-electron chi connectivity index (χ0n) is 9.66. The van der Waals surface area contributed by atoms with Crippen molar-refractivity contribution in [2.24, 2.45) is 0 Å².